The zero-order valence-corrected chi connectivity index (χ0v) is 13.0. The van der Waals surface area contributed by atoms with Gasteiger partial charge < -0.3 is 5.11 Å². The monoisotopic (exact) mass is 336 g/mol. The molecule has 106 valence electrons. The highest BCUT2D eigenvalue weighted by molar-refractivity contribution is 9.10. The molecule has 2 aromatic carbocycles. The van der Waals surface area contributed by atoms with Crippen molar-refractivity contribution < 1.29 is 9.50 Å². The topological polar surface area (TPSA) is 20.2 Å². The van der Waals surface area contributed by atoms with Gasteiger partial charge in [-0.15, -0.1) is 0 Å². The van der Waals surface area contributed by atoms with E-state index in [4.69, 9.17) is 0 Å². The van der Waals surface area contributed by atoms with E-state index in [1.54, 1.807) is 6.07 Å². The lowest BCUT2D eigenvalue weighted by Gasteiger charge is -2.17. The van der Waals surface area contributed by atoms with Crippen LogP contribution in [-0.2, 0) is 6.42 Å². The molecule has 0 saturated carbocycles. The predicted molar refractivity (Wildman–Crippen MR) is 83.3 cm³/mol. The number of benzene rings is 2. The van der Waals surface area contributed by atoms with Gasteiger partial charge in [-0.1, -0.05) is 59.3 Å². The molecule has 2 atom stereocenters. The van der Waals surface area contributed by atoms with Crippen LogP contribution in [0.5, 0.6) is 0 Å². The minimum absolute atomic E-state index is 0.271. The summed E-state index contributed by atoms with van der Waals surface area (Å²) in [6.07, 6.45) is 0.776. The number of hydrogen-bond acceptors (Lipinski definition) is 1. The summed E-state index contributed by atoms with van der Waals surface area (Å²) in [7, 11) is 0. The summed E-state index contributed by atoms with van der Waals surface area (Å²) in [5.74, 6) is 0.0261. The van der Waals surface area contributed by atoms with Crippen molar-refractivity contribution >= 4 is 15.9 Å². The molecule has 0 fully saturated rings. The minimum Gasteiger partial charge on any atom is -0.393 e. The molecule has 2 aromatic rings. The second-order valence-electron chi connectivity index (χ2n) is 5.14. The van der Waals surface area contributed by atoms with Crippen molar-refractivity contribution in [2.45, 2.75) is 31.8 Å². The molecule has 0 heterocycles. The van der Waals surface area contributed by atoms with Crippen molar-refractivity contribution in [1.82, 2.24) is 0 Å². The fourth-order valence-corrected chi connectivity index (χ4v) is 2.86. The van der Waals surface area contributed by atoms with Gasteiger partial charge in [-0.05, 0) is 42.0 Å². The van der Waals surface area contributed by atoms with Crippen LogP contribution in [0.4, 0.5) is 4.39 Å². The molecule has 0 aromatic heterocycles. The van der Waals surface area contributed by atoms with Crippen molar-refractivity contribution in [1.29, 1.82) is 0 Å². The summed E-state index contributed by atoms with van der Waals surface area (Å²) >= 11 is 3.34. The Morgan fingerprint density at radius 1 is 1.15 bits per heavy atom. The third-order valence-corrected chi connectivity index (χ3v) is 4.20. The quantitative estimate of drug-likeness (QED) is 0.840. The fraction of sp³-hybridized carbons (Fsp3) is 0.294. The molecule has 0 aliphatic heterocycles. The van der Waals surface area contributed by atoms with Gasteiger partial charge in [0.15, 0.2) is 0 Å². The zero-order chi connectivity index (χ0) is 14.5. The molecule has 0 amide bonds. The van der Waals surface area contributed by atoms with Gasteiger partial charge in [0.2, 0.25) is 0 Å². The molecule has 1 N–H and O–H groups in total. The third kappa shape index (κ3) is 4.15. The Morgan fingerprint density at radius 3 is 2.50 bits per heavy atom. The second-order valence-corrected chi connectivity index (χ2v) is 6.00. The van der Waals surface area contributed by atoms with Crippen molar-refractivity contribution in [2.24, 2.45) is 0 Å². The second kappa shape index (κ2) is 7.00. The summed E-state index contributed by atoms with van der Waals surface area (Å²) in [6, 6.07) is 14.7. The maximum atomic E-state index is 13.0. The summed E-state index contributed by atoms with van der Waals surface area (Å²) in [6.45, 7) is 2.11. The lowest BCUT2D eigenvalue weighted by molar-refractivity contribution is 0.157. The molecule has 0 radical (unpaired) electrons. The number of halogens is 2. The smallest absolute Gasteiger partial charge is 0.124 e. The first-order valence-corrected chi connectivity index (χ1v) is 7.52. The largest absolute Gasteiger partial charge is 0.393 e. The van der Waals surface area contributed by atoms with Crippen LogP contribution in [0.2, 0.25) is 0 Å². The summed E-state index contributed by atoms with van der Waals surface area (Å²) < 4.78 is 13.7. The molecule has 1 nitrogen and oxygen atoms in total. The lowest BCUT2D eigenvalue weighted by atomic mass is 9.92. The van der Waals surface area contributed by atoms with E-state index in [9.17, 15) is 9.50 Å². The van der Waals surface area contributed by atoms with Gasteiger partial charge in [0.05, 0.1) is 6.10 Å². The number of aliphatic hydroxyl groups excluding tert-OH is 1. The molecule has 3 heteroatoms. The normalized spacial score (nSPS) is 14.0. The van der Waals surface area contributed by atoms with Gasteiger partial charge in [-0.2, -0.15) is 0 Å². The van der Waals surface area contributed by atoms with Crippen molar-refractivity contribution in [3.8, 4) is 0 Å². The van der Waals surface area contributed by atoms with E-state index in [0.717, 1.165) is 5.56 Å². The van der Waals surface area contributed by atoms with E-state index in [-0.39, 0.29) is 5.82 Å². The van der Waals surface area contributed by atoms with Crippen LogP contribution in [0.15, 0.2) is 53.0 Å². The van der Waals surface area contributed by atoms with Crippen molar-refractivity contribution in [3.05, 3.63) is 69.9 Å². The van der Waals surface area contributed by atoms with Gasteiger partial charge in [-0.3, -0.25) is 0 Å². The lowest BCUT2D eigenvalue weighted by Crippen LogP contribution is -2.14. The van der Waals surface area contributed by atoms with E-state index in [1.165, 1.54) is 17.7 Å². The van der Waals surface area contributed by atoms with Crippen LogP contribution in [0.1, 0.15) is 30.4 Å². The highest BCUT2D eigenvalue weighted by atomic mass is 79.9. The van der Waals surface area contributed by atoms with Gasteiger partial charge >= 0.3 is 0 Å². The molecular weight excluding hydrogens is 319 g/mol. The molecule has 0 saturated heterocycles. The maximum Gasteiger partial charge on any atom is 0.124 e. The Morgan fingerprint density at radius 2 is 1.85 bits per heavy atom. The molecule has 2 unspecified atom stereocenters. The van der Waals surface area contributed by atoms with Gasteiger partial charge in [0.25, 0.3) is 0 Å². The molecule has 0 bridgehead atoms. The highest BCUT2D eigenvalue weighted by Crippen LogP contribution is 2.24. The van der Waals surface area contributed by atoms with Crippen LogP contribution in [0, 0.1) is 5.82 Å². The average Bonchev–Trinajstić information content (AvgIpc) is 2.43. The molecular formula is C17H18BrFO. The zero-order valence-electron chi connectivity index (χ0n) is 11.4. The molecule has 2 rings (SSSR count). The first-order chi connectivity index (χ1) is 9.56. The number of hydrogen-bond donors (Lipinski definition) is 1. The Hall–Kier alpha value is -1.19. The number of rotatable bonds is 5. The van der Waals surface area contributed by atoms with Gasteiger partial charge in [0, 0.05) is 4.47 Å². The predicted octanol–water partition coefficient (Wildman–Crippen LogP) is 4.69. The minimum atomic E-state index is -0.438. The number of aliphatic hydroxyl groups is 1. The van der Waals surface area contributed by atoms with E-state index >= 15 is 0 Å². The summed E-state index contributed by atoms with van der Waals surface area (Å²) in [5.41, 5.74) is 2.16. The first kappa shape index (κ1) is 15.2. The van der Waals surface area contributed by atoms with E-state index < -0.39 is 6.10 Å². The van der Waals surface area contributed by atoms with Crippen LogP contribution in [0.3, 0.4) is 0 Å². The Kier molecular flexibility index (Phi) is 5.32. The Bertz CT molecular complexity index is 556. The van der Waals surface area contributed by atoms with Crippen LogP contribution < -0.4 is 0 Å². The SMILES string of the molecule is CC(CC(O)Cc1ccc(F)cc1Br)c1ccccc1. The Labute approximate surface area is 127 Å². The van der Waals surface area contributed by atoms with Crippen LogP contribution in [0.25, 0.3) is 0 Å². The molecule has 0 aliphatic carbocycles. The van der Waals surface area contributed by atoms with E-state index in [1.807, 2.05) is 18.2 Å². The standard InChI is InChI=1S/C17H18BrFO/c1-12(13-5-3-2-4-6-13)9-16(20)10-14-7-8-15(19)11-17(14)18/h2-8,11-12,16,20H,9-10H2,1H3. The summed E-state index contributed by atoms with van der Waals surface area (Å²) in [4.78, 5) is 0. The highest BCUT2D eigenvalue weighted by Gasteiger charge is 2.14. The summed E-state index contributed by atoms with van der Waals surface area (Å²) in [5, 5.41) is 10.2. The average molecular weight is 337 g/mol. The van der Waals surface area contributed by atoms with Gasteiger partial charge in [0.1, 0.15) is 5.82 Å². The maximum absolute atomic E-state index is 13.0. The molecule has 0 aliphatic rings. The molecule has 20 heavy (non-hydrogen) atoms. The van der Waals surface area contributed by atoms with E-state index in [0.29, 0.717) is 23.2 Å². The van der Waals surface area contributed by atoms with Crippen molar-refractivity contribution in [2.75, 3.05) is 0 Å². The van der Waals surface area contributed by atoms with Gasteiger partial charge in [-0.25, -0.2) is 4.39 Å². The van der Waals surface area contributed by atoms with Crippen molar-refractivity contribution in [3.63, 3.8) is 0 Å². The third-order valence-electron chi connectivity index (χ3n) is 3.46. The van der Waals surface area contributed by atoms with Crippen LogP contribution in [-0.4, -0.2) is 11.2 Å². The van der Waals surface area contributed by atoms with Crippen LogP contribution >= 0.6 is 15.9 Å². The fourth-order valence-electron chi connectivity index (χ4n) is 2.35. The molecule has 0 spiro atoms. The first-order valence-electron chi connectivity index (χ1n) is 6.73. The Balaban J connectivity index is 1.97. The van der Waals surface area contributed by atoms with E-state index in [2.05, 4.69) is 35.0 Å².